The Morgan fingerprint density at radius 3 is 2.48 bits per heavy atom. The van der Waals surface area contributed by atoms with Gasteiger partial charge in [-0.25, -0.2) is 13.1 Å². The highest BCUT2D eigenvalue weighted by Crippen LogP contribution is 2.21. The molecule has 0 bridgehead atoms. The molecule has 1 N–H and O–H groups in total. The van der Waals surface area contributed by atoms with Crippen molar-refractivity contribution in [1.29, 1.82) is 0 Å². The smallest absolute Gasteiger partial charge is 0.273 e. The molecule has 31 heavy (non-hydrogen) atoms. The molecule has 0 aliphatic carbocycles. The van der Waals surface area contributed by atoms with Gasteiger partial charge in [0.25, 0.3) is 5.91 Å². The summed E-state index contributed by atoms with van der Waals surface area (Å²) >= 11 is 0. The number of hydrogen-bond acceptors (Lipinski definition) is 5. The Morgan fingerprint density at radius 2 is 1.71 bits per heavy atom. The number of piperidine rings is 1. The van der Waals surface area contributed by atoms with Gasteiger partial charge in [-0.15, -0.1) is 5.10 Å². The van der Waals surface area contributed by atoms with Crippen LogP contribution < -0.4 is 5.32 Å². The summed E-state index contributed by atoms with van der Waals surface area (Å²) in [5.41, 5.74) is 1.99. The molecule has 0 unspecified atom stereocenters. The van der Waals surface area contributed by atoms with Crippen molar-refractivity contribution in [3.63, 3.8) is 0 Å². The van der Waals surface area contributed by atoms with E-state index < -0.39 is 10.0 Å². The normalized spacial score (nSPS) is 15.0. The van der Waals surface area contributed by atoms with Gasteiger partial charge in [0.15, 0.2) is 5.69 Å². The third kappa shape index (κ3) is 5.18. The standard InChI is InChI=1S/C22H25N5O3S/c28-22(21-17-26(25-24-21)16-18-8-3-1-4-9-18)23-15-19-10-7-11-20(14-19)31(29,30)27-12-5-2-6-13-27/h1,3-4,7-11,14,17H,2,5-6,12-13,15-16H2,(H,23,28). The number of nitrogens with one attached hydrogen (secondary N) is 1. The first kappa shape index (κ1) is 21.2. The molecular weight excluding hydrogens is 414 g/mol. The first-order valence-corrected chi connectivity index (χ1v) is 11.8. The van der Waals surface area contributed by atoms with Crippen molar-refractivity contribution in [2.24, 2.45) is 0 Å². The number of amides is 1. The summed E-state index contributed by atoms with van der Waals surface area (Å²) in [4.78, 5) is 12.7. The van der Waals surface area contributed by atoms with Gasteiger partial charge in [0.2, 0.25) is 10.0 Å². The van der Waals surface area contributed by atoms with Crippen LogP contribution in [-0.2, 0) is 23.1 Å². The minimum atomic E-state index is -3.51. The molecule has 1 aliphatic rings. The van der Waals surface area contributed by atoms with E-state index in [1.54, 1.807) is 39.4 Å². The third-order valence-corrected chi connectivity index (χ3v) is 7.16. The lowest BCUT2D eigenvalue weighted by Gasteiger charge is -2.26. The Labute approximate surface area is 181 Å². The Kier molecular flexibility index (Phi) is 6.43. The third-order valence-electron chi connectivity index (χ3n) is 5.26. The first-order chi connectivity index (χ1) is 15.0. The van der Waals surface area contributed by atoms with E-state index in [0.29, 0.717) is 25.2 Å². The lowest BCUT2D eigenvalue weighted by atomic mass is 10.2. The maximum Gasteiger partial charge on any atom is 0.273 e. The molecule has 1 saturated heterocycles. The number of sulfonamides is 1. The van der Waals surface area contributed by atoms with Crippen molar-refractivity contribution in [2.45, 2.75) is 37.2 Å². The van der Waals surface area contributed by atoms with Gasteiger partial charge in [0.1, 0.15) is 0 Å². The molecule has 9 heteroatoms. The molecule has 2 heterocycles. The number of carbonyl (C=O) groups is 1. The Bertz CT molecular complexity index is 1140. The molecule has 1 aromatic heterocycles. The van der Waals surface area contributed by atoms with Crippen molar-refractivity contribution in [2.75, 3.05) is 13.1 Å². The van der Waals surface area contributed by atoms with E-state index in [1.807, 2.05) is 30.3 Å². The molecular formula is C22H25N5O3S. The van der Waals surface area contributed by atoms with Crippen LogP contribution >= 0.6 is 0 Å². The van der Waals surface area contributed by atoms with Gasteiger partial charge in [-0.1, -0.05) is 54.1 Å². The van der Waals surface area contributed by atoms with Crippen molar-refractivity contribution in [3.8, 4) is 0 Å². The second kappa shape index (κ2) is 9.40. The summed E-state index contributed by atoms with van der Waals surface area (Å²) in [7, 11) is -3.51. The highest BCUT2D eigenvalue weighted by atomic mass is 32.2. The van der Waals surface area contributed by atoms with E-state index in [2.05, 4.69) is 15.6 Å². The number of rotatable bonds is 7. The van der Waals surface area contributed by atoms with E-state index in [9.17, 15) is 13.2 Å². The van der Waals surface area contributed by atoms with Crippen molar-refractivity contribution < 1.29 is 13.2 Å². The van der Waals surface area contributed by atoms with Gasteiger partial charge < -0.3 is 5.32 Å². The average Bonchev–Trinajstić information content (AvgIpc) is 3.27. The Hall–Kier alpha value is -3.04. The van der Waals surface area contributed by atoms with Gasteiger partial charge >= 0.3 is 0 Å². The number of benzene rings is 2. The number of hydrogen-bond donors (Lipinski definition) is 1. The van der Waals surface area contributed by atoms with Crippen LogP contribution in [0.1, 0.15) is 40.9 Å². The van der Waals surface area contributed by atoms with E-state index in [1.165, 1.54) is 0 Å². The summed E-state index contributed by atoms with van der Waals surface area (Å²) in [6, 6.07) is 16.5. The monoisotopic (exact) mass is 439 g/mol. The fourth-order valence-corrected chi connectivity index (χ4v) is 5.18. The maximum atomic E-state index is 12.9. The topological polar surface area (TPSA) is 97.2 Å². The van der Waals surface area contributed by atoms with E-state index in [4.69, 9.17) is 0 Å². The second-order valence-corrected chi connectivity index (χ2v) is 9.52. The minimum Gasteiger partial charge on any atom is -0.347 e. The summed E-state index contributed by atoms with van der Waals surface area (Å²) < 4.78 is 28.9. The van der Waals surface area contributed by atoms with Crippen molar-refractivity contribution >= 4 is 15.9 Å². The molecule has 0 radical (unpaired) electrons. The fourth-order valence-electron chi connectivity index (χ4n) is 3.59. The zero-order valence-corrected chi connectivity index (χ0v) is 18.0. The molecule has 1 aliphatic heterocycles. The summed E-state index contributed by atoms with van der Waals surface area (Å²) in [6.07, 6.45) is 4.44. The van der Waals surface area contributed by atoms with Gasteiger partial charge in [0, 0.05) is 19.6 Å². The lowest BCUT2D eigenvalue weighted by molar-refractivity contribution is 0.0946. The predicted octanol–water partition coefficient (Wildman–Crippen LogP) is 2.43. The molecule has 2 aromatic carbocycles. The van der Waals surface area contributed by atoms with Crippen LogP contribution in [0.5, 0.6) is 0 Å². The Morgan fingerprint density at radius 1 is 0.968 bits per heavy atom. The average molecular weight is 440 g/mol. The summed E-state index contributed by atoms with van der Waals surface area (Å²) in [6.45, 7) is 1.84. The highest BCUT2D eigenvalue weighted by Gasteiger charge is 2.26. The summed E-state index contributed by atoms with van der Waals surface area (Å²) in [5.74, 6) is -0.358. The van der Waals surface area contributed by atoms with Crippen molar-refractivity contribution in [3.05, 3.63) is 77.6 Å². The van der Waals surface area contributed by atoms with Crippen LogP contribution in [0.25, 0.3) is 0 Å². The molecule has 0 spiro atoms. The number of aromatic nitrogens is 3. The molecule has 0 saturated carbocycles. The van der Waals surface area contributed by atoms with E-state index in [-0.39, 0.29) is 23.0 Å². The second-order valence-electron chi connectivity index (χ2n) is 7.58. The lowest BCUT2D eigenvalue weighted by Crippen LogP contribution is -2.35. The van der Waals surface area contributed by atoms with Crippen LogP contribution in [0.15, 0.2) is 65.7 Å². The molecule has 4 rings (SSSR count). The zero-order chi connectivity index (χ0) is 21.7. The van der Waals surface area contributed by atoms with Gasteiger partial charge in [-0.3, -0.25) is 4.79 Å². The predicted molar refractivity (Wildman–Crippen MR) is 116 cm³/mol. The zero-order valence-electron chi connectivity index (χ0n) is 17.1. The molecule has 8 nitrogen and oxygen atoms in total. The first-order valence-electron chi connectivity index (χ1n) is 10.3. The van der Waals surface area contributed by atoms with Gasteiger partial charge in [-0.05, 0) is 36.1 Å². The quantitative estimate of drug-likeness (QED) is 0.610. The maximum absolute atomic E-state index is 12.9. The Balaban J connectivity index is 1.38. The number of carbonyl (C=O) groups excluding carboxylic acids is 1. The van der Waals surface area contributed by atoms with Crippen molar-refractivity contribution in [1.82, 2.24) is 24.6 Å². The highest BCUT2D eigenvalue weighted by molar-refractivity contribution is 7.89. The molecule has 3 aromatic rings. The van der Waals surface area contributed by atoms with Gasteiger partial charge in [-0.2, -0.15) is 4.31 Å². The van der Waals surface area contributed by atoms with Crippen LogP contribution in [-0.4, -0.2) is 46.7 Å². The molecule has 0 atom stereocenters. The van der Waals surface area contributed by atoms with Crippen LogP contribution in [0.4, 0.5) is 0 Å². The number of nitrogens with zero attached hydrogens (tertiary/aromatic N) is 4. The minimum absolute atomic E-state index is 0.202. The van der Waals surface area contributed by atoms with Crippen LogP contribution in [0, 0.1) is 0 Å². The molecule has 1 fully saturated rings. The van der Waals surface area contributed by atoms with Crippen LogP contribution in [0.2, 0.25) is 0 Å². The van der Waals surface area contributed by atoms with Crippen LogP contribution in [0.3, 0.4) is 0 Å². The molecule has 162 valence electrons. The fraction of sp³-hybridized carbons (Fsp3) is 0.318. The van der Waals surface area contributed by atoms with Gasteiger partial charge in [0.05, 0.1) is 17.6 Å². The van der Waals surface area contributed by atoms with E-state index in [0.717, 1.165) is 24.8 Å². The molecule has 1 amide bonds. The van der Waals surface area contributed by atoms with E-state index >= 15 is 0 Å². The SMILES string of the molecule is O=C(NCc1cccc(S(=O)(=O)N2CCCCC2)c1)c1cn(Cc2ccccc2)nn1. The largest absolute Gasteiger partial charge is 0.347 e. The summed E-state index contributed by atoms with van der Waals surface area (Å²) in [5, 5.41) is 10.7.